The van der Waals surface area contributed by atoms with Crippen LogP contribution in [0.15, 0.2) is 48.5 Å². The third-order valence-electron chi connectivity index (χ3n) is 3.43. The van der Waals surface area contributed by atoms with E-state index in [1.54, 1.807) is 4.68 Å². The van der Waals surface area contributed by atoms with E-state index in [1.165, 1.54) is 5.56 Å². The first kappa shape index (κ1) is 13.3. The first-order valence-corrected chi connectivity index (χ1v) is 6.90. The van der Waals surface area contributed by atoms with E-state index in [-0.39, 0.29) is 0 Å². The molecule has 5 heteroatoms. The highest BCUT2D eigenvalue weighted by Crippen LogP contribution is 2.26. The Morgan fingerprint density at radius 2 is 1.71 bits per heavy atom. The highest BCUT2D eigenvalue weighted by atomic mass is 15.5. The van der Waals surface area contributed by atoms with Gasteiger partial charge in [0.25, 0.3) is 0 Å². The fourth-order valence-electron chi connectivity index (χ4n) is 2.33. The number of hydrogen-bond acceptors (Lipinski definition) is 4. The van der Waals surface area contributed by atoms with Gasteiger partial charge in [0.05, 0.1) is 5.69 Å². The van der Waals surface area contributed by atoms with Gasteiger partial charge in [-0.2, -0.15) is 4.68 Å². The number of rotatable bonds is 3. The Bertz CT molecular complexity index is 743. The standard InChI is InChI=1S/C16H17N5/c1-11(2)14-5-3-4-6-15(14)21-16(18-19-20-21)12-7-9-13(17)10-8-12/h3-11H,17H2,1-2H3. The largest absolute Gasteiger partial charge is 0.399 e. The summed E-state index contributed by atoms with van der Waals surface area (Å²) in [6.45, 7) is 4.32. The first-order valence-electron chi connectivity index (χ1n) is 6.90. The van der Waals surface area contributed by atoms with Crippen LogP contribution in [0.1, 0.15) is 25.3 Å². The third kappa shape index (κ3) is 2.50. The Kier molecular flexibility index (Phi) is 3.39. The predicted octanol–water partition coefficient (Wildman–Crippen LogP) is 3.03. The van der Waals surface area contributed by atoms with E-state index < -0.39 is 0 Å². The molecule has 21 heavy (non-hydrogen) atoms. The van der Waals surface area contributed by atoms with E-state index in [0.29, 0.717) is 11.7 Å². The molecule has 3 aromatic rings. The summed E-state index contributed by atoms with van der Waals surface area (Å²) in [7, 11) is 0. The first-order chi connectivity index (χ1) is 10.2. The van der Waals surface area contributed by atoms with E-state index in [2.05, 4.69) is 35.4 Å². The number of hydrogen-bond donors (Lipinski definition) is 1. The molecule has 1 aromatic heterocycles. The lowest BCUT2D eigenvalue weighted by atomic mass is 10.0. The molecule has 0 saturated carbocycles. The lowest BCUT2D eigenvalue weighted by Crippen LogP contribution is -2.05. The van der Waals surface area contributed by atoms with Gasteiger partial charge in [0.1, 0.15) is 0 Å². The number of aromatic nitrogens is 4. The highest BCUT2D eigenvalue weighted by Gasteiger charge is 2.14. The van der Waals surface area contributed by atoms with Gasteiger partial charge in [0.15, 0.2) is 5.82 Å². The minimum atomic E-state index is 0.393. The number of benzene rings is 2. The summed E-state index contributed by atoms with van der Waals surface area (Å²) in [5.41, 5.74) is 9.61. The fraction of sp³-hybridized carbons (Fsp3) is 0.188. The second-order valence-electron chi connectivity index (χ2n) is 5.25. The molecule has 0 aliphatic heterocycles. The van der Waals surface area contributed by atoms with Crippen molar-refractivity contribution in [2.75, 3.05) is 5.73 Å². The van der Waals surface area contributed by atoms with Gasteiger partial charge in [-0.1, -0.05) is 32.0 Å². The van der Waals surface area contributed by atoms with Crippen LogP contribution in [0.2, 0.25) is 0 Å². The lowest BCUT2D eigenvalue weighted by Gasteiger charge is -2.13. The van der Waals surface area contributed by atoms with Gasteiger partial charge in [-0.25, -0.2) is 0 Å². The van der Waals surface area contributed by atoms with Gasteiger partial charge in [0.2, 0.25) is 0 Å². The number of nitrogen functional groups attached to an aromatic ring is 1. The SMILES string of the molecule is CC(C)c1ccccc1-n1nnnc1-c1ccc(N)cc1. The Morgan fingerprint density at radius 1 is 1.00 bits per heavy atom. The number of para-hydroxylation sites is 1. The van der Waals surface area contributed by atoms with Crippen LogP contribution >= 0.6 is 0 Å². The summed E-state index contributed by atoms with van der Waals surface area (Å²) in [6.07, 6.45) is 0. The average Bonchev–Trinajstić information content (AvgIpc) is 2.97. The van der Waals surface area contributed by atoms with Crippen LogP contribution < -0.4 is 5.73 Å². The van der Waals surface area contributed by atoms with Crippen LogP contribution in [0.3, 0.4) is 0 Å². The Morgan fingerprint density at radius 3 is 2.43 bits per heavy atom. The van der Waals surface area contributed by atoms with E-state index in [4.69, 9.17) is 5.73 Å². The summed E-state index contributed by atoms with van der Waals surface area (Å²) < 4.78 is 1.78. The molecule has 0 amide bonds. The molecule has 1 heterocycles. The Hall–Kier alpha value is -2.69. The average molecular weight is 279 g/mol. The quantitative estimate of drug-likeness (QED) is 0.748. The molecule has 0 atom stereocenters. The molecule has 0 aliphatic carbocycles. The Labute approximate surface area is 123 Å². The maximum atomic E-state index is 5.73. The maximum absolute atomic E-state index is 5.73. The van der Waals surface area contributed by atoms with Crippen LogP contribution in [0.25, 0.3) is 17.1 Å². The van der Waals surface area contributed by atoms with Gasteiger partial charge in [0, 0.05) is 11.3 Å². The molecule has 106 valence electrons. The molecular formula is C16H17N5. The minimum absolute atomic E-state index is 0.393. The summed E-state index contributed by atoms with van der Waals surface area (Å²) in [4.78, 5) is 0. The summed E-state index contributed by atoms with van der Waals surface area (Å²) in [5.74, 6) is 1.10. The monoisotopic (exact) mass is 279 g/mol. The van der Waals surface area contributed by atoms with Crippen molar-refractivity contribution >= 4 is 5.69 Å². The summed E-state index contributed by atoms with van der Waals surface area (Å²) in [6, 6.07) is 15.7. The smallest absolute Gasteiger partial charge is 0.187 e. The lowest BCUT2D eigenvalue weighted by molar-refractivity contribution is 0.765. The van der Waals surface area contributed by atoms with Gasteiger partial charge >= 0.3 is 0 Å². The van der Waals surface area contributed by atoms with Crippen molar-refractivity contribution in [1.29, 1.82) is 0 Å². The predicted molar refractivity (Wildman–Crippen MR) is 83.1 cm³/mol. The third-order valence-corrected chi connectivity index (χ3v) is 3.43. The van der Waals surface area contributed by atoms with Crippen LogP contribution in [-0.2, 0) is 0 Å². The van der Waals surface area contributed by atoms with Gasteiger partial charge in [-0.15, -0.1) is 5.10 Å². The van der Waals surface area contributed by atoms with E-state index in [1.807, 2.05) is 42.5 Å². The molecule has 0 bridgehead atoms. The van der Waals surface area contributed by atoms with E-state index >= 15 is 0 Å². The van der Waals surface area contributed by atoms with Crippen LogP contribution in [-0.4, -0.2) is 20.2 Å². The van der Waals surface area contributed by atoms with Crippen LogP contribution in [0.5, 0.6) is 0 Å². The molecule has 0 spiro atoms. The molecule has 5 nitrogen and oxygen atoms in total. The molecule has 3 rings (SSSR count). The van der Waals surface area contributed by atoms with Gasteiger partial charge in [-0.05, 0) is 52.2 Å². The van der Waals surface area contributed by atoms with Crippen molar-refractivity contribution in [1.82, 2.24) is 20.2 Å². The van der Waals surface area contributed by atoms with Crippen LogP contribution in [0, 0.1) is 0 Å². The minimum Gasteiger partial charge on any atom is -0.399 e. The van der Waals surface area contributed by atoms with Gasteiger partial charge < -0.3 is 5.73 Å². The normalized spacial score (nSPS) is 11.0. The molecular weight excluding hydrogens is 262 g/mol. The topological polar surface area (TPSA) is 69.6 Å². The molecule has 2 aromatic carbocycles. The summed E-state index contributed by atoms with van der Waals surface area (Å²) >= 11 is 0. The van der Waals surface area contributed by atoms with Gasteiger partial charge in [-0.3, -0.25) is 0 Å². The molecule has 0 radical (unpaired) electrons. The highest BCUT2D eigenvalue weighted by molar-refractivity contribution is 5.61. The number of anilines is 1. The maximum Gasteiger partial charge on any atom is 0.187 e. The van der Waals surface area contributed by atoms with Crippen molar-refractivity contribution in [3.8, 4) is 17.1 Å². The number of tetrazole rings is 1. The number of nitrogens with zero attached hydrogens (tertiary/aromatic N) is 4. The Balaban J connectivity index is 2.14. The zero-order chi connectivity index (χ0) is 14.8. The molecule has 2 N–H and O–H groups in total. The molecule has 0 unspecified atom stereocenters. The van der Waals surface area contributed by atoms with Crippen molar-refractivity contribution in [2.24, 2.45) is 0 Å². The fourth-order valence-corrected chi connectivity index (χ4v) is 2.33. The second-order valence-corrected chi connectivity index (χ2v) is 5.25. The number of nitrogens with two attached hydrogens (primary N) is 1. The zero-order valence-electron chi connectivity index (χ0n) is 12.1. The van der Waals surface area contributed by atoms with Crippen molar-refractivity contribution in [3.05, 3.63) is 54.1 Å². The van der Waals surface area contributed by atoms with Crippen molar-refractivity contribution in [3.63, 3.8) is 0 Å². The summed E-state index contributed by atoms with van der Waals surface area (Å²) in [5, 5.41) is 12.1. The molecule has 0 fully saturated rings. The van der Waals surface area contributed by atoms with E-state index in [9.17, 15) is 0 Å². The zero-order valence-corrected chi connectivity index (χ0v) is 12.1. The molecule has 0 saturated heterocycles. The van der Waals surface area contributed by atoms with Crippen LogP contribution in [0.4, 0.5) is 5.69 Å². The van der Waals surface area contributed by atoms with Crippen molar-refractivity contribution in [2.45, 2.75) is 19.8 Å². The molecule has 0 aliphatic rings. The van der Waals surface area contributed by atoms with E-state index in [0.717, 1.165) is 16.9 Å². The second kappa shape index (κ2) is 5.36. The van der Waals surface area contributed by atoms with Crippen molar-refractivity contribution < 1.29 is 0 Å².